The van der Waals surface area contributed by atoms with Crippen molar-refractivity contribution in [3.63, 3.8) is 0 Å². The zero-order valence-electron chi connectivity index (χ0n) is 14.0. The summed E-state index contributed by atoms with van der Waals surface area (Å²) < 4.78 is 10.3. The molecule has 2 aromatic heterocycles. The largest absolute Gasteiger partial charge is 0.376 e. The minimum Gasteiger partial charge on any atom is -0.376 e. The van der Waals surface area contributed by atoms with Crippen molar-refractivity contribution in [1.29, 1.82) is 0 Å². The topological polar surface area (TPSA) is 71.1 Å². The van der Waals surface area contributed by atoms with Gasteiger partial charge in [-0.1, -0.05) is 19.8 Å². The second-order valence-electron chi connectivity index (χ2n) is 6.49. The average Bonchev–Trinajstić information content (AvgIpc) is 2.97. The molecule has 126 valence electrons. The summed E-state index contributed by atoms with van der Waals surface area (Å²) in [5, 5.41) is 0. The third-order valence-corrected chi connectivity index (χ3v) is 4.91. The summed E-state index contributed by atoms with van der Waals surface area (Å²) in [6.45, 7) is 3.35. The Bertz CT molecular complexity index is 817. The monoisotopic (exact) mass is 320 g/mol. The van der Waals surface area contributed by atoms with Gasteiger partial charge in [0.15, 0.2) is 11.2 Å². The summed E-state index contributed by atoms with van der Waals surface area (Å²) >= 11 is 0. The van der Waals surface area contributed by atoms with E-state index in [0.29, 0.717) is 36.3 Å². The van der Waals surface area contributed by atoms with Crippen molar-refractivity contribution in [2.24, 2.45) is 20.0 Å². The fourth-order valence-electron chi connectivity index (χ4n) is 3.40. The molecule has 0 bridgehead atoms. The lowest BCUT2D eigenvalue weighted by molar-refractivity contribution is -0.00809. The first-order valence-corrected chi connectivity index (χ1v) is 8.23. The van der Waals surface area contributed by atoms with Crippen LogP contribution in [0.1, 0.15) is 32.6 Å². The molecule has 0 spiro atoms. The minimum absolute atomic E-state index is 0.311. The van der Waals surface area contributed by atoms with Crippen molar-refractivity contribution in [2.75, 3.05) is 6.61 Å². The summed E-state index contributed by atoms with van der Waals surface area (Å²) in [6.07, 6.45) is 6.77. The van der Waals surface area contributed by atoms with E-state index in [2.05, 4.69) is 11.9 Å². The number of aryl methyl sites for hydroxylation is 1. The van der Waals surface area contributed by atoms with Crippen LogP contribution >= 0.6 is 0 Å². The highest BCUT2D eigenvalue weighted by atomic mass is 16.5. The van der Waals surface area contributed by atoms with Crippen LogP contribution in [-0.2, 0) is 25.4 Å². The van der Waals surface area contributed by atoms with Gasteiger partial charge >= 0.3 is 5.69 Å². The Balaban J connectivity index is 1.79. The molecule has 1 aliphatic carbocycles. The van der Waals surface area contributed by atoms with Gasteiger partial charge in [0.2, 0.25) is 0 Å². The first kappa shape index (κ1) is 16.0. The molecule has 0 saturated heterocycles. The highest BCUT2D eigenvalue weighted by Gasteiger charge is 2.22. The molecule has 0 unspecified atom stereocenters. The first-order valence-electron chi connectivity index (χ1n) is 8.23. The Morgan fingerprint density at radius 2 is 1.96 bits per heavy atom. The Kier molecular flexibility index (Phi) is 4.39. The molecule has 2 aromatic rings. The van der Waals surface area contributed by atoms with Gasteiger partial charge in [0.1, 0.15) is 0 Å². The van der Waals surface area contributed by atoms with Crippen LogP contribution in [-0.4, -0.2) is 31.4 Å². The van der Waals surface area contributed by atoms with Crippen LogP contribution in [0.5, 0.6) is 0 Å². The zero-order chi connectivity index (χ0) is 16.6. The first-order chi connectivity index (χ1) is 11.0. The number of hydrogen-bond acceptors (Lipinski definition) is 4. The van der Waals surface area contributed by atoms with Gasteiger partial charge < -0.3 is 9.30 Å². The Morgan fingerprint density at radius 3 is 2.70 bits per heavy atom. The van der Waals surface area contributed by atoms with E-state index in [0.717, 1.165) is 11.0 Å². The van der Waals surface area contributed by atoms with Crippen LogP contribution in [0.15, 0.2) is 15.9 Å². The van der Waals surface area contributed by atoms with Crippen LogP contribution in [0, 0.1) is 5.92 Å². The molecule has 7 heteroatoms. The minimum atomic E-state index is -0.361. The summed E-state index contributed by atoms with van der Waals surface area (Å²) in [5.41, 5.74) is 0.200. The van der Waals surface area contributed by atoms with E-state index in [4.69, 9.17) is 4.74 Å². The third-order valence-electron chi connectivity index (χ3n) is 4.91. The zero-order valence-corrected chi connectivity index (χ0v) is 14.0. The highest BCUT2D eigenvalue weighted by molar-refractivity contribution is 5.69. The van der Waals surface area contributed by atoms with E-state index in [1.54, 1.807) is 17.9 Å². The van der Waals surface area contributed by atoms with Crippen molar-refractivity contribution in [1.82, 2.24) is 18.7 Å². The Morgan fingerprint density at radius 1 is 1.22 bits per heavy atom. The Labute approximate surface area is 134 Å². The molecule has 2 atom stereocenters. The van der Waals surface area contributed by atoms with Gasteiger partial charge in [-0.05, 0) is 18.8 Å². The van der Waals surface area contributed by atoms with E-state index >= 15 is 0 Å². The molecule has 0 aromatic carbocycles. The lowest BCUT2D eigenvalue weighted by Crippen LogP contribution is -2.37. The van der Waals surface area contributed by atoms with E-state index in [1.807, 2.05) is 0 Å². The van der Waals surface area contributed by atoms with Crippen LogP contribution < -0.4 is 11.2 Å². The lowest BCUT2D eigenvalue weighted by Gasteiger charge is -2.28. The summed E-state index contributed by atoms with van der Waals surface area (Å²) in [6, 6.07) is 0. The SMILES string of the molecule is C[C@@H]1CCCC[C@H]1OCCn1cnc2c1c(=O)n(C)c(=O)n2C. The Hall–Kier alpha value is -1.89. The van der Waals surface area contributed by atoms with Crippen LogP contribution in [0.4, 0.5) is 0 Å². The number of ether oxygens (including phenoxy) is 1. The van der Waals surface area contributed by atoms with Gasteiger partial charge in [-0.25, -0.2) is 9.78 Å². The highest BCUT2D eigenvalue weighted by Crippen LogP contribution is 2.26. The van der Waals surface area contributed by atoms with Crippen molar-refractivity contribution in [3.05, 3.63) is 27.2 Å². The molecule has 1 fully saturated rings. The molecule has 0 N–H and O–H groups in total. The molecule has 7 nitrogen and oxygen atoms in total. The van der Waals surface area contributed by atoms with Gasteiger partial charge in [-0.15, -0.1) is 0 Å². The van der Waals surface area contributed by atoms with Gasteiger partial charge in [-0.3, -0.25) is 13.9 Å². The molecule has 1 aliphatic rings. The number of nitrogens with zero attached hydrogens (tertiary/aromatic N) is 4. The predicted octanol–water partition coefficient (Wildman–Crippen LogP) is 1.03. The third kappa shape index (κ3) is 2.85. The molecule has 0 amide bonds. The molecule has 0 radical (unpaired) electrons. The number of imidazole rings is 1. The van der Waals surface area contributed by atoms with Gasteiger partial charge in [0.25, 0.3) is 5.56 Å². The normalized spacial score (nSPS) is 21.9. The molecular weight excluding hydrogens is 296 g/mol. The van der Waals surface area contributed by atoms with E-state index in [-0.39, 0.29) is 11.2 Å². The van der Waals surface area contributed by atoms with Crippen molar-refractivity contribution in [2.45, 2.75) is 45.3 Å². The maximum Gasteiger partial charge on any atom is 0.332 e. The van der Waals surface area contributed by atoms with Gasteiger partial charge in [0.05, 0.1) is 19.0 Å². The number of aromatic nitrogens is 4. The van der Waals surface area contributed by atoms with E-state index < -0.39 is 0 Å². The molecule has 1 saturated carbocycles. The summed E-state index contributed by atoms with van der Waals surface area (Å²) in [7, 11) is 3.11. The lowest BCUT2D eigenvalue weighted by atomic mass is 9.88. The average molecular weight is 320 g/mol. The number of fused-ring (bicyclic) bond motifs is 1. The number of rotatable bonds is 4. The van der Waals surface area contributed by atoms with Crippen LogP contribution in [0.2, 0.25) is 0 Å². The van der Waals surface area contributed by atoms with Crippen molar-refractivity contribution in [3.8, 4) is 0 Å². The van der Waals surface area contributed by atoms with Crippen molar-refractivity contribution < 1.29 is 4.74 Å². The van der Waals surface area contributed by atoms with Crippen molar-refractivity contribution >= 4 is 11.2 Å². The fraction of sp³-hybridized carbons (Fsp3) is 0.688. The molecular formula is C16H24N4O3. The second kappa shape index (κ2) is 6.31. The van der Waals surface area contributed by atoms with E-state index in [1.165, 1.54) is 30.9 Å². The van der Waals surface area contributed by atoms with E-state index in [9.17, 15) is 9.59 Å². The summed E-state index contributed by atoms with van der Waals surface area (Å²) in [5.74, 6) is 0.594. The molecule has 2 heterocycles. The fourth-order valence-corrected chi connectivity index (χ4v) is 3.40. The smallest absolute Gasteiger partial charge is 0.332 e. The quantitative estimate of drug-likeness (QED) is 0.843. The molecule has 3 rings (SSSR count). The maximum absolute atomic E-state index is 12.3. The van der Waals surface area contributed by atoms with Crippen LogP contribution in [0.3, 0.4) is 0 Å². The van der Waals surface area contributed by atoms with Gasteiger partial charge in [0, 0.05) is 20.6 Å². The standard InChI is InChI=1S/C16H24N4O3/c1-11-6-4-5-7-12(11)23-9-8-20-10-17-14-13(20)15(21)19(3)16(22)18(14)2/h10-12H,4-9H2,1-3H3/t11-,12-/m1/s1. The maximum atomic E-state index is 12.3. The second-order valence-corrected chi connectivity index (χ2v) is 6.49. The number of hydrogen-bond donors (Lipinski definition) is 0. The predicted molar refractivity (Wildman–Crippen MR) is 87.6 cm³/mol. The van der Waals surface area contributed by atoms with Gasteiger partial charge in [-0.2, -0.15) is 0 Å². The van der Waals surface area contributed by atoms with Crippen LogP contribution in [0.25, 0.3) is 11.2 Å². The summed E-state index contributed by atoms with van der Waals surface area (Å²) in [4.78, 5) is 28.5. The molecule has 23 heavy (non-hydrogen) atoms. The molecule has 0 aliphatic heterocycles.